The first-order chi connectivity index (χ1) is 6.70. The van der Waals surface area contributed by atoms with Gasteiger partial charge >= 0.3 is 0 Å². The summed E-state index contributed by atoms with van der Waals surface area (Å²) in [5.74, 6) is 1.67. The van der Waals surface area contributed by atoms with E-state index in [0.29, 0.717) is 18.3 Å². The summed E-state index contributed by atoms with van der Waals surface area (Å²) in [5, 5.41) is 3.22. The van der Waals surface area contributed by atoms with Gasteiger partial charge in [0.1, 0.15) is 5.82 Å². The van der Waals surface area contributed by atoms with Crippen molar-refractivity contribution in [2.45, 2.75) is 19.0 Å². The molecule has 0 aromatic carbocycles. The third-order valence-corrected chi connectivity index (χ3v) is 3.06. The lowest BCUT2D eigenvalue weighted by molar-refractivity contribution is 0.428. The average molecular weight is 234 g/mol. The van der Waals surface area contributed by atoms with Crippen LogP contribution in [-0.2, 0) is 6.54 Å². The number of hydrogen-bond acceptors (Lipinski definition) is 3. The molecular formula is C9H13Cl2N3. The molecule has 1 rings (SSSR count). The van der Waals surface area contributed by atoms with Gasteiger partial charge in [-0.05, 0) is 13.0 Å². The lowest BCUT2D eigenvalue weighted by atomic mass is 10.1. The first-order valence-corrected chi connectivity index (χ1v) is 5.40. The molecular weight excluding hydrogens is 221 g/mol. The van der Waals surface area contributed by atoms with E-state index in [1.165, 1.54) is 0 Å². The second-order valence-electron chi connectivity index (χ2n) is 3.35. The largest absolute Gasteiger partial charge is 0.302 e. The Hall–Kier alpha value is -0.380. The molecule has 14 heavy (non-hydrogen) atoms. The van der Waals surface area contributed by atoms with E-state index in [2.05, 4.69) is 15.3 Å². The minimum absolute atomic E-state index is 0.262. The standard InChI is InChI=1S/C9H13Cl2N3/c1-9(6-10,7-11)14-5-8-12-3-2-4-13-8/h2-4,14H,5-7H2,1H3. The summed E-state index contributed by atoms with van der Waals surface area (Å²) in [5.41, 5.74) is -0.262. The molecule has 0 aliphatic carbocycles. The van der Waals surface area contributed by atoms with Crippen molar-refractivity contribution in [2.24, 2.45) is 0 Å². The maximum absolute atomic E-state index is 5.79. The van der Waals surface area contributed by atoms with Gasteiger partial charge in [0.15, 0.2) is 0 Å². The molecule has 1 aromatic rings. The van der Waals surface area contributed by atoms with Gasteiger partial charge in [-0.15, -0.1) is 23.2 Å². The molecule has 0 atom stereocenters. The van der Waals surface area contributed by atoms with Gasteiger partial charge in [-0.3, -0.25) is 0 Å². The molecule has 78 valence electrons. The van der Waals surface area contributed by atoms with Crippen LogP contribution < -0.4 is 5.32 Å². The van der Waals surface area contributed by atoms with Crippen molar-refractivity contribution < 1.29 is 0 Å². The van der Waals surface area contributed by atoms with Crippen molar-refractivity contribution in [1.82, 2.24) is 15.3 Å². The Morgan fingerprint density at radius 3 is 2.36 bits per heavy atom. The highest BCUT2D eigenvalue weighted by Gasteiger charge is 2.21. The molecule has 0 radical (unpaired) electrons. The third kappa shape index (κ3) is 3.40. The van der Waals surface area contributed by atoms with Crippen LogP contribution in [0.25, 0.3) is 0 Å². The van der Waals surface area contributed by atoms with Crippen LogP contribution in [0.5, 0.6) is 0 Å². The second-order valence-corrected chi connectivity index (χ2v) is 3.88. The van der Waals surface area contributed by atoms with Crippen molar-refractivity contribution in [1.29, 1.82) is 0 Å². The third-order valence-electron chi connectivity index (χ3n) is 1.88. The van der Waals surface area contributed by atoms with Gasteiger partial charge in [-0.1, -0.05) is 0 Å². The lowest BCUT2D eigenvalue weighted by Gasteiger charge is -2.25. The Bertz CT molecular complexity index is 262. The van der Waals surface area contributed by atoms with Crippen LogP contribution in [0.15, 0.2) is 18.5 Å². The number of nitrogens with one attached hydrogen (secondary N) is 1. The van der Waals surface area contributed by atoms with Gasteiger partial charge in [0.25, 0.3) is 0 Å². The molecule has 0 saturated heterocycles. The fourth-order valence-corrected chi connectivity index (χ4v) is 1.32. The number of aromatic nitrogens is 2. The molecule has 0 saturated carbocycles. The van der Waals surface area contributed by atoms with Crippen LogP contribution in [-0.4, -0.2) is 27.3 Å². The van der Waals surface area contributed by atoms with E-state index >= 15 is 0 Å². The molecule has 0 spiro atoms. The number of hydrogen-bond donors (Lipinski definition) is 1. The van der Waals surface area contributed by atoms with Gasteiger partial charge in [-0.2, -0.15) is 0 Å². The number of nitrogens with zero attached hydrogens (tertiary/aromatic N) is 2. The van der Waals surface area contributed by atoms with Crippen molar-refractivity contribution in [3.63, 3.8) is 0 Å². The molecule has 5 heteroatoms. The normalized spacial score (nSPS) is 11.6. The van der Waals surface area contributed by atoms with E-state index in [4.69, 9.17) is 23.2 Å². The van der Waals surface area contributed by atoms with Crippen LogP contribution in [0.3, 0.4) is 0 Å². The van der Waals surface area contributed by atoms with Crippen molar-refractivity contribution in [2.75, 3.05) is 11.8 Å². The first-order valence-electron chi connectivity index (χ1n) is 4.33. The summed E-state index contributed by atoms with van der Waals surface area (Å²) in [6, 6.07) is 1.78. The molecule has 3 nitrogen and oxygen atoms in total. The monoisotopic (exact) mass is 233 g/mol. The second kappa shape index (κ2) is 5.49. The van der Waals surface area contributed by atoms with E-state index < -0.39 is 0 Å². The van der Waals surface area contributed by atoms with Gasteiger partial charge < -0.3 is 5.32 Å². The van der Waals surface area contributed by atoms with Crippen molar-refractivity contribution in [3.05, 3.63) is 24.3 Å². The summed E-state index contributed by atoms with van der Waals surface area (Å²) < 4.78 is 0. The minimum atomic E-state index is -0.262. The summed E-state index contributed by atoms with van der Waals surface area (Å²) in [7, 11) is 0. The summed E-state index contributed by atoms with van der Waals surface area (Å²) >= 11 is 11.6. The van der Waals surface area contributed by atoms with E-state index in [9.17, 15) is 0 Å². The maximum Gasteiger partial charge on any atom is 0.141 e. The number of halogens is 2. The lowest BCUT2D eigenvalue weighted by Crippen LogP contribution is -2.45. The summed E-state index contributed by atoms with van der Waals surface area (Å²) in [6.07, 6.45) is 3.42. The van der Waals surface area contributed by atoms with E-state index in [1.807, 2.05) is 6.92 Å². The van der Waals surface area contributed by atoms with E-state index in [-0.39, 0.29) is 5.54 Å². The van der Waals surface area contributed by atoms with Gasteiger partial charge in [0.05, 0.1) is 6.54 Å². The molecule has 0 fully saturated rings. The highest BCUT2D eigenvalue weighted by Crippen LogP contribution is 2.09. The van der Waals surface area contributed by atoms with Gasteiger partial charge in [-0.25, -0.2) is 9.97 Å². The van der Waals surface area contributed by atoms with Crippen LogP contribution >= 0.6 is 23.2 Å². The van der Waals surface area contributed by atoms with Crippen molar-refractivity contribution >= 4 is 23.2 Å². The first kappa shape index (κ1) is 11.7. The average Bonchev–Trinajstić information content (AvgIpc) is 2.27. The molecule has 0 bridgehead atoms. The molecule has 0 unspecified atom stereocenters. The van der Waals surface area contributed by atoms with E-state index in [0.717, 1.165) is 5.82 Å². The zero-order valence-corrected chi connectivity index (χ0v) is 9.52. The minimum Gasteiger partial charge on any atom is -0.302 e. The Labute approximate surface area is 93.9 Å². The zero-order valence-electron chi connectivity index (χ0n) is 8.00. The quantitative estimate of drug-likeness (QED) is 0.789. The number of alkyl halides is 2. The fourth-order valence-electron chi connectivity index (χ4n) is 0.844. The Morgan fingerprint density at radius 1 is 1.29 bits per heavy atom. The maximum atomic E-state index is 5.79. The Morgan fingerprint density at radius 2 is 1.86 bits per heavy atom. The van der Waals surface area contributed by atoms with Crippen LogP contribution in [0.1, 0.15) is 12.7 Å². The summed E-state index contributed by atoms with van der Waals surface area (Å²) in [6.45, 7) is 2.55. The molecule has 0 aliphatic rings. The predicted molar refractivity (Wildman–Crippen MR) is 58.7 cm³/mol. The highest BCUT2D eigenvalue weighted by molar-refractivity contribution is 6.22. The Kier molecular flexibility index (Phi) is 4.58. The molecule has 1 N–H and O–H groups in total. The van der Waals surface area contributed by atoms with Crippen LogP contribution in [0.4, 0.5) is 0 Å². The van der Waals surface area contributed by atoms with Gasteiger partial charge in [0.2, 0.25) is 0 Å². The molecule has 0 aliphatic heterocycles. The van der Waals surface area contributed by atoms with Crippen LogP contribution in [0, 0.1) is 0 Å². The topological polar surface area (TPSA) is 37.8 Å². The highest BCUT2D eigenvalue weighted by atomic mass is 35.5. The summed E-state index contributed by atoms with van der Waals surface area (Å²) in [4.78, 5) is 8.18. The van der Waals surface area contributed by atoms with Crippen LogP contribution in [0.2, 0.25) is 0 Å². The van der Waals surface area contributed by atoms with Gasteiger partial charge in [0, 0.05) is 29.7 Å². The fraction of sp³-hybridized carbons (Fsp3) is 0.556. The molecule has 1 heterocycles. The zero-order chi connectivity index (χ0) is 10.4. The smallest absolute Gasteiger partial charge is 0.141 e. The predicted octanol–water partition coefficient (Wildman–Crippen LogP) is 1.80. The molecule has 1 aromatic heterocycles. The number of rotatable bonds is 5. The molecule has 0 amide bonds. The SMILES string of the molecule is CC(CCl)(CCl)NCc1ncccn1. The van der Waals surface area contributed by atoms with Crippen molar-refractivity contribution in [3.8, 4) is 0 Å². The Balaban J connectivity index is 2.48. The van der Waals surface area contributed by atoms with E-state index in [1.54, 1.807) is 18.5 Å².